The average Bonchev–Trinajstić information content (AvgIpc) is 2.85. The summed E-state index contributed by atoms with van der Waals surface area (Å²) in [6, 6.07) is 7.44. The molecule has 0 saturated carbocycles. The highest BCUT2D eigenvalue weighted by Crippen LogP contribution is 2.23. The number of halogens is 2. The molecule has 0 N–H and O–H groups in total. The fourth-order valence-corrected chi connectivity index (χ4v) is 2.16. The maximum Gasteiger partial charge on any atom is 0.190 e. The van der Waals surface area contributed by atoms with Gasteiger partial charge in [-0.05, 0) is 23.6 Å². The molecule has 0 fully saturated rings. The van der Waals surface area contributed by atoms with Crippen LogP contribution >= 0.6 is 11.3 Å². The van der Waals surface area contributed by atoms with E-state index >= 15 is 0 Å². The molecule has 0 saturated heterocycles. The van der Waals surface area contributed by atoms with Crippen molar-refractivity contribution in [1.29, 1.82) is 5.26 Å². The van der Waals surface area contributed by atoms with Crippen LogP contribution in [0.4, 0.5) is 8.78 Å². The Morgan fingerprint density at radius 2 is 2.00 bits per heavy atom. The van der Waals surface area contributed by atoms with E-state index in [0.29, 0.717) is 6.42 Å². The molecule has 92 valence electrons. The van der Waals surface area contributed by atoms with Crippen molar-refractivity contribution in [2.45, 2.75) is 6.42 Å². The third-order valence-electron chi connectivity index (χ3n) is 2.30. The van der Waals surface area contributed by atoms with Crippen molar-refractivity contribution in [1.82, 2.24) is 0 Å². The van der Waals surface area contributed by atoms with Crippen molar-refractivity contribution < 1.29 is 13.5 Å². The highest BCUT2D eigenvalue weighted by Gasteiger charge is 2.12. The molecule has 0 atom stereocenters. The monoisotopic (exact) mass is 265 g/mol. The molecule has 5 heteroatoms. The summed E-state index contributed by atoms with van der Waals surface area (Å²) in [6.45, 7) is 0.195. The number of thiophene rings is 1. The second-order valence-corrected chi connectivity index (χ2v) is 4.59. The Labute approximate surface area is 107 Å². The Morgan fingerprint density at radius 3 is 2.56 bits per heavy atom. The summed E-state index contributed by atoms with van der Waals surface area (Å²) in [5.74, 6) is -2.12. The van der Waals surface area contributed by atoms with E-state index in [1.54, 1.807) is 17.4 Å². The summed E-state index contributed by atoms with van der Waals surface area (Å²) < 4.78 is 32.0. The lowest BCUT2D eigenvalue weighted by atomic mass is 10.2. The summed E-state index contributed by atoms with van der Waals surface area (Å²) >= 11 is 1.56. The van der Waals surface area contributed by atoms with Gasteiger partial charge in [-0.3, -0.25) is 0 Å². The molecule has 0 radical (unpaired) electrons. The van der Waals surface area contributed by atoms with Crippen LogP contribution in [0.3, 0.4) is 0 Å². The zero-order valence-electron chi connectivity index (χ0n) is 9.32. The Morgan fingerprint density at radius 1 is 1.28 bits per heavy atom. The van der Waals surface area contributed by atoms with Crippen LogP contribution in [0.1, 0.15) is 10.4 Å². The second-order valence-electron chi connectivity index (χ2n) is 3.56. The van der Waals surface area contributed by atoms with Crippen molar-refractivity contribution in [3.8, 4) is 11.8 Å². The molecule has 2 nitrogen and oxygen atoms in total. The van der Waals surface area contributed by atoms with Crippen LogP contribution in [-0.2, 0) is 6.42 Å². The molecule has 1 heterocycles. The fourth-order valence-electron chi connectivity index (χ4n) is 1.47. The standard InChI is InChI=1S/C13H9F2NOS/c14-11-6-9(8-16)7-12(15)13(11)17-4-3-10-2-1-5-18-10/h1-2,5-7H,3-4H2. The minimum absolute atomic E-state index is 0.0596. The summed E-state index contributed by atoms with van der Waals surface area (Å²) in [4.78, 5) is 1.09. The van der Waals surface area contributed by atoms with Gasteiger partial charge in [-0.2, -0.15) is 5.26 Å². The van der Waals surface area contributed by atoms with E-state index in [2.05, 4.69) is 0 Å². The predicted molar refractivity (Wildman–Crippen MR) is 64.6 cm³/mol. The lowest BCUT2D eigenvalue weighted by Gasteiger charge is -2.07. The molecule has 1 aromatic carbocycles. The largest absolute Gasteiger partial charge is 0.487 e. The molecule has 0 bridgehead atoms. The van der Waals surface area contributed by atoms with Gasteiger partial charge in [0.25, 0.3) is 0 Å². The fraction of sp³-hybridized carbons (Fsp3) is 0.154. The second kappa shape index (κ2) is 5.61. The van der Waals surface area contributed by atoms with Crippen molar-refractivity contribution >= 4 is 11.3 Å². The number of ether oxygens (including phenoxy) is 1. The minimum atomic E-state index is -0.849. The Bertz CT molecular complexity index is 552. The molecule has 1 aromatic heterocycles. The zero-order chi connectivity index (χ0) is 13.0. The van der Waals surface area contributed by atoms with Gasteiger partial charge >= 0.3 is 0 Å². The van der Waals surface area contributed by atoms with Crippen molar-refractivity contribution in [2.75, 3.05) is 6.61 Å². The summed E-state index contributed by atoms with van der Waals surface area (Å²) in [5.41, 5.74) is -0.0596. The average molecular weight is 265 g/mol. The molecule has 0 aliphatic carbocycles. The van der Waals surface area contributed by atoms with Crippen molar-refractivity contribution in [3.05, 3.63) is 51.7 Å². The highest BCUT2D eigenvalue weighted by molar-refractivity contribution is 7.09. The summed E-state index contributed by atoms with van der Waals surface area (Å²) in [5, 5.41) is 10.5. The number of hydrogen-bond donors (Lipinski definition) is 0. The number of nitrogens with zero attached hydrogens (tertiary/aromatic N) is 1. The third-order valence-corrected chi connectivity index (χ3v) is 3.24. The Balaban J connectivity index is 2.03. The van der Waals surface area contributed by atoms with Crippen molar-refractivity contribution in [2.24, 2.45) is 0 Å². The van der Waals surface area contributed by atoms with Gasteiger partial charge in [-0.25, -0.2) is 8.78 Å². The maximum absolute atomic E-state index is 13.5. The minimum Gasteiger partial charge on any atom is -0.487 e. The van der Waals surface area contributed by atoms with Gasteiger partial charge in [0.05, 0.1) is 18.2 Å². The first-order chi connectivity index (χ1) is 8.70. The molecule has 0 spiro atoms. The van der Waals surface area contributed by atoms with E-state index in [4.69, 9.17) is 10.00 Å². The van der Waals surface area contributed by atoms with Gasteiger partial charge in [0.15, 0.2) is 17.4 Å². The van der Waals surface area contributed by atoms with Gasteiger partial charge in [0.2, 0.25) is 0 Å². The lowest BCUT2D eigenvalue weighted by molar-refractivity contribution is 0.289. The Hall–Kier alpha value is -1.93. The number of nitriles is 1. The smallest absolute Gasteiger partial charge is 0.190 e. The SMILES string of the molecule is N#Cc1cc(F)c(OCCc2cccs2)c(F)c1. The lowest BCUT2D eigenvalue weighted by Crippen LogP contribution is -2.04. The molecule has 0 aliphatic rings. The van der Waals surface area contributed by atoms with Crippen LogP contribution < -0.4 is 4.74 Å². The van der Waals surface area contributed by atoms with Crippen LogP contribution in [0.2, 0.25) is 0 Å². The molecule has 0 amide bonds. The first-order valence-electron chi connectivity index (χ1n) is 5.25. The van der Waals surface area contributed by atoms with E-state index in [1.165, 1.54) is 0 Å². The van der Waals surface area contributed by atoms with Crippen LogP contribution in [-0.4, -0.2) is 6.61 Å². The number of rotatable bonds is 4. The first kappa shape index (κ1) is 12.5. The molecule has 2 rings (SSSR count). The van der Waals surface area contributed by atoms with Gasteiger partial charge in [-0.15, -0.1) is 11.3 Å². The topological polar surface area (TPSA) is 33.0 Å². The van der Waals surface area contributed by atoms with E-state index < -0.39 is 17.4 Å². The molecule has 18 heavy (non-hydrogen) atoms. The van der Waals surface area contributed by atoms with Crippen molar-refractivity contribution in [3.63, 3.8) is 0 Å². The zero-order valence-corrected chi connectivity index (χ0v) is 10.1. The third kappa shape index (κ3) is 2.84. The predicted octanol–water partition coefficient (Wildman–Crippen LogP) is 3.52. The van der Waals surface area contributed by atoms with E-state index in [9.17, 15) is 8.78 Å². The Kier molecular flexibility index (Phi) is 3.90. The van der Waals surface area contributed by atoms with Gasteiger partial charge < -0.3 is 4.74 Å². The highest BCUT2D eigenvalue weighted by atomic mass is 32.1. The molecule has 2 aromatic rings. The quantitative estimate of drug-likeness (QED) is 0.847. The van der Waals surface area contributed by atoms with E-state index in [1.807, 2.05) is 17.5 Å². The van der Waals surface area contributed by atoms with E-state index in [-0.39, 0.29) is 12.2 Å². The van der Waals surface area contributed by atoms with E-state index in [0.717, 1.165) is 17.0 Å². The first-order valence-corrected chi connectivity index (χ1v) is 6.13. The summed E-state index contributed by atoms with van der Waals surface area (Å²) in [6.07, 6.45) is 0.594. The van der Waals surface area contributed by atoms with Gasteiger partial charge in [0.1, 0.15) is 0 Å². The number of benzene rings is 1. The molecule has 0 aliphatic heterocycles. The maximum atomic E-state index is 13.5. The summed E-state index contributed by atoms with van der Waals surface area (Å²) in [7, 11) is 0. The van der Waals surface area contributed by atoms with Crippen LogP contribution in [0, 0.1) is 23.0 Å². The van der Waals surface area contributed by atoms with Gasteiger partial charge in [-0.1, -0.05) is 6.07 Å². The normalized spacial score (nSPS) is 10.1. The van der Waals surface area contributed by atoms with Crippen LogP contribution in [0.5, 0.6) is 5.75 Å². The number of hydrogen-bond acceptors (Lipinski definition) is 3. The van der Waals surface area contributed by atoms with Gasteiger partial charge in [0, 0.05) is 11.3 Å². The van der Waals surface area contributed by atoms with Crippen LogP contribution in [0.25, 0.3) is 0 Å². The molecule has 0 unspecified atom stereocenters. The van der Waals surface area contributed by atoms with Crippen LogP contribution in [0.15, 0.2) is 29.6 Å². The molecular formula is C13H9F2NOS. The molecular weight excluding hydrogens is 256 g/mol.